The van der Waals surface area contributed by atoms with Crippen LogP contribution in [0.3, 0.4) is 0 Å². The summed E-state index contributed by atoms with van der Waals surface area (Å²) in [6.45, 7) is 1.69. The van der Waals surface area contributed by atoms with E-state index < -0.39 is 5.97 Å². The first-order valence-electron chi connectivity index (χ1n) is 5.85. The fourth-order valence-electron chi connectivity index (χ4n) is 1.95. The Morgan fingerprint density at radius 1 is 1.41 bits per heavy atom. The van der Waals surface area contributed by atoms with Crippen LogP contribution in [0.5, 0.6) is 0 Å². The second-order valence-corrected chi connectivity index (χ2v) is 4.96. The summed E-state index contributed by atoms with van der Waals surface area (Å²) in [6, 6.07) is 7.80. The Labute approximate surface area is 106 Å². The molecule has 1 aliphatic rings. The fraction of sp³-hybridized carbons (Fsp3) is 0.462. The highest BCUT2D eigenvalue weighted by atomic mass is 35.5. The Balaban J connectivity index is 1.61. The highest BCUT2D eigenvalue weighted by molar-refractivity contribution is 6.30. The third kappa shape index (κ3) is 3.72. The van der Waals surface area contributed by atoms with Gasteiger partial charge in [0, 0.05) is 5.02 Å². The summed E-state index contributed by atoms with van der Waals surface area (Å²) in [6.07, 6.45) is 1.77. The molecule has 17 heavy (non-hydrogen) atoms. The molecule has 2 rings (SSSR count). The number of halogens is 1. The number of hydrogen-bond donors (Lipinski definition) is 2. The Bertz CT molecular complexity index is 391. The summed E-state index contributed by atoms with van der Waals surface area (Å²) in [5, 5.41) is 12.8. The van der Waals surface area contributed by atoms with Crippen molar-refractivity contribution in [2.45, 2.75) is 12.8 Å². The van der Waals surface area contributed by atoms with Gasteiger partial charge in [0.25, 0.3) is 0 Å². The third-order valence-electron chi connectivity index (χ3n) is 3.15. The molecule has 0 aromatic heterocycles. The molecule has 2 atom stereocenters. The van der Waals surface area contributed by atoms with Gasteiger partial charge in [-0.05, 0) is 49.5 Å². The van der Waals surface area contributed by atoms with E-state index in [1.165, 1.54) is 5.56 Å². The van der Waals surface area contributed by atoms with Gasteiger partial charge in [-0.15, -0.1) is 0 Å². The summed E-state index contributed by atoms with van der Waals surface area (Å²) < 4.78 is 0. The molecule has 1 aromatic rings. The molecule has 0 bridgehead atoms. The first kappa shape index (κ1) is 12.4. The first-order valence-corrected chi connectivity index (χ1v) is 6.22. The maximum Gasteiger partial charge on any atom is 0.306 e. The Kier molecular flexibility index (Phi) is 4.02. The van der Waals surface area contributed by atoms with Crippen LogP contribution in [-0.2, 0) is 11.2 Å². The number of aliphatic carboxylic acids is 1. The molecule has 2 unspecified atom stereocenters. The zero-order chi connectivity index (χ0) is 12.3. The van der Waals surface area contributed by atoms with Crippen molar-refractivity contribution in [2.75, 3.05) is 13.1 Å². The van der Waals surface area contributed by atoms with E-state index in [1.54, 1.807) is 0 Å². The fourth-order valence-corrected chi connectivity index (χ4v) is 2.07. The second-order valence-electron chi connectivity index (χ2n) is 4.52. The molecule has 1 fully saturated rings. The monoisotopic (exact) mass is 253 g/mol. The summed E-state index contributed by atoms with van der Waals surface area (Å²) in [5.41, 5.74) is 1.24. The van der Waals surface area contributed by atoms with Gasteiger partial charge in [-0.1, -0.05) is 23.7 Å². The number of benzene rings is 1. The lowest BCUT2D eigenvalue weighted by Crippen LogP contribution is -2.21. The minimum atomic E-state index is -0.658. The van der Waals surface area contributed by atoms with Crippen molar-refractivity contribution < 1.29 is 9.90 Å². The largest absolute Gasteiger partial charge is 0.481 e. The van der Waals surface area contributed by atoms with E-state index in [0.717, 1.165) is 31.0 Å². The van der Waals surface area contributed by atoms with Crippen molar-refractivity contribution in [1.29, 1.82) is 0 Å². The van der Waals surface area contributed by atoms with Gasteiger partial charge in [0.15, 0.2) is 0 Å². The van der Waals surface area contributed by atoms with Crippen LogP contribution in [0.2, 0.25) is 5.02 Å². The molecule has 0 saturated heterocycles. The molecule has 3 nitrogen and oxygen atoms in total. The van der Waals surface area contributed by atoms with Gasteiger partial charge in [0.1, 0.15) is 0 Å². The predicted octanol–water partition coefficient (Wildman–Crippen LogP) is 2.19. The van der Waals surface area contributed by atoms with Crippen molar-refractivity contribution in [3.63, 3.8) is 0 Å². The van der Waals surface area contributed by atoms with Crippen LogP contribution < -0.4 is 5.32 Å². The van der Waals surface area contributed by atoms with Crippen LogP contribution in [0, 0.1) is 11.8 Å². The molecule has 4 heteroatoms. The van der Waals surface area contributed by atoms with Crippen LogP contribution in [-0.4, -0.2) is 24.2 Å². The maximum atomic E-state index is 10.6. The quantitative estimate of drug-likeness (QED) is 0.764. The SMILES string of the molecule is O=C(O)C1CC1CNCCc1ccc(Cl)cc1. The zero-order valence-corrected chi connectivity index (χ0v) is 10.3. The Hall–Kier alpha value is -1.06. The van der Waals surface area contributed by atoms with E-state index in [0.29, 0.717) is 5.92 Å². The van der Waals surface area contributed by atoms with Gasteiger partial charge in [0.05, 0.1) is 5.92 Å². The van der Waals surface area contributed by atoms with Crippen molar-refractivity contribution in [3.8, 4) is 0 Å². The molecule has 0 heterocycles. The molecule has 0 spiro atoms. The Morgan fingerprint density at radius 3 is 2.71 bits per heavy atom. The number of carboxylic acids is 1. The summed E-state index contributed by atoms with van der Waals surface area (Å²) in [7, 11) is 0. The summed E-state index contributed by atoms with van der Waals surface area (Å²) in [5.74, 6) is -0.440. The predicted molar refractivity (Wildman–Crippen MR) is 67.3 cm³/mol. The lowest BCUT2D eigenvalue weighted by atomic mass is 10.1. The van der Waals surface area contributed by atoms with E-state index in [1.807, 2.05) is 24.3 Å². The van der Waals surface area contributed by atoms with Crippen molar-refractivity contribution in [1.82, 2.24) is 5.32 Å². The van der Waals surface area contributed by atoms with E-state index >= 15 is 0 Å². The highest BCUT2D eigenvalue weighted by Crippen LogP contribution is 2.37. The average Bonchev–Trinajstić information content (AvgIpc) is 3.06. The summed E-state index contributed by atoms with van der Waals surface area (Å²) >= 11 is 5.80. The van der Waals surface area contributed by atoms with Crippen LogP contribution in [0.25, 0.3) is 0 Å². The molecule has 0 aliphatic heterocycles. The van der Waals surface area contributed by atoms with E-state index in [4.69, 9.17) is 16.7 Å². The smallest absolute Gasteiger partial charge is 0.306 e. The molecule has 2 N–H and O–H groups in total. The van der Waals surface area contributed by atoms with Gasteiger partial charge >= 0.3 is 5.97 Å². The molecule has 0 amide bonds. The van der Waals surface area contributed by atoms with Gasteiger partial charge in [-0.25, -0.2) is 0 Å². The number of nitrogens with one attached hydrogen (secondary N) is 1. The standard InChI is InChI=1S/C13H16ClNO2/c14-11-3-1-9(2-4-11)5-6-15-8-10-7-12(10)13(16)17/h1-4,10,12,15H,5-8H2,(H,16,17). The second kappa shape index (κ2) is 5.52. The van der Waals surface area contributed by atoms with Gasteiger partial charge in [-0.2, -0.15) is 0 Å². The Morgan fingerprint density at radius 2 is 2.12 bits per heavy atom. The summed E-state index contributed by atoms with van der Waals surface area (Å²) in [4.78, 5) is 10.6. The van der Waals surface area contributed by atoms with Crippen LogP contribution in [0.4, 0.5) is 0 Å². The van der Waals surface area contributed by atoms with Crippen molar-refractivity contribution in [3.05, 3.63) is 34.9 Å². The van der Waals surface area contributed by atoms with E-state index in [9.17, 15) is 4.79 Å². The molecular weight excluding hydrogens is 238 g/mol. The van der Waals surface area contributed by atoms with Crippen molar-refractivity contribution in [2.24, 2.45) is 11.8 Å². The van der Waals surface area contributed by atoms with Crippen LogP contribution in [0.15, 0.2) is 24.3 Å². The van der Waals surface area contributed by atoms with E-state index in [-0.39, 0.29) is 5.92 Å². The van der Waals surface area contributed by atoms with Crippen LogP contribution in [0.1, 0.15) is 12.0 Å². The zero-order valence-electron chi connectivity index (χ0n) is 9.53. The van der Waals surface area contributed by atoms with Gasteiger partial charge in [0.2, 0.25) is 0 Å². The van der Waals surface area contributed by atoms with Gasteiger partial charge in [-0.3, -0.25) is 4.79 Å². The molecule has 1 aliphatic carbocycles. The first-order chi connectivity index (χ1) is 8.16. The third-order valence-corrected chi connectivity index (χ3v) is 3.40. The minimum absolute atomic E-state index is 0.113. The number of rotatable bonds is 6. The lowest BCUT2D eigenvalue weighted by molar-refractivity contribution is -0.138. The topological polar surface area (TPSA) is 49.3 Å². The molecule has 0 radical (unpaired) electrons. The molecular formula is C13H16ClNO2. The minimum Gasteiger partial charge on any atom is -0.481 e. The highest BCUT2D eigenvalue weighted by Gasteiger charge is 2.42. The lowest BCUT2D eigenvalue weighted by Gasteiger charge is -2.04. The average molecular weight is 254 g/mol. The molecule has 92 valence electrons. The van der Waals surface area contributed by atoms with Gasteiger partial charge < -0.3 is 10.4 Å². The number of hydrogen-bond acceptors (Lipinski definition) is 2. The molecule has 1 saturated carbocycles. The van der Waals surface area contributed by atoms with Crippen LogP contribution >= 0.6 is 11.6 Å². The van der Waals surface area contributed by atoms with Crippen molar-refractivity contribution >= 4 is 17.6 Å². The number of carbonyl (C=O) groups is 1. The normalized spacial score (nSPS) is 22.4. The molecule has 1 aromatic carbocycles. The number of carboxylic acid groups (broad SMARTS) is 1. The van der Waals surface area contributed by atoms with E-state index in [2.05, 4.69) is 5.32 Å². The maximum absolute atomic E-state index is 10.6.